The van der Waals surface area contributed by atoms with Gasteiger partial charge in [0, 0.05) is 49.0 Å². The van der Waals surface area contributed by atoms with Gasteiger partial charge in [0.15, 0.2) is 6.61 Å². The fraction of sp³-hybridized carbons (Fsp3) is 0.780. The standard InChI is InChI=1S/C50H85N5O19S/c1-2-73-47(58)39-74-42-7-5-6-41(38-42)49(59)53-12-11-51-46(57)10-14-61-16-18-63-20-22-65-24-26-67-28-30-69-32-34-71-36-37-72-35-33-70-31-29-68-27-25-66-23-21-64-19-17-62-15-13-52-45(56)9-4-3-8-44-48-43(40-75-44)54-50(60)55-48/h5-7,38,43-44,48H,2-4,8-37,39-40H2,1H3,(H,51,57)(H,52,56)(H,53,59)(H2,54,55,60)/t43-,44-,48-/m0/s1. The van der Waals surface area contributed by atoms with Gasteiger partial charge in [-0.2, -0.15) is 11.8 Å². The van der Waals surface area contributed by atoms with Crippen molar-refractivity contribution in [3.8, 4) is 5.75 Å². The molecule has 2 aliphatic rings. The predicted octanol–water partition coefficient (Wildman–Crippen LogP) is 0.906. The largest absolute Gasteiger partial charge is 0.482 e. The van der Waals surface area contributed by atoms with Crippen LogP contribution in [0.1, 0.15) is 49.4 Å². The average molecular weight is 1090 g/mol. The summed E-state index contributed by atoms with van der Waals surface area (Å²) < 4.78 is 76.2. The van der Waals surface area contributed by atoms with Crippen LogP contribution in [0.3, 0.4) is 0 Å². The van der Waals surface area contributed by atoms with Gasteiger partial charge in [-0.1, -0.05) is 12.5 Å². The number of hydrogen-bond donors (Lipinski definition) is 5. The lowest BCUT2D eigenvalue weighted by molar-refractivity contribution is -0.145. The summed E-state index contributed by atoms with van der Waals surface area (Å²) >= 11 is 1.90. The second-order valence-corrected chi connectivity index (χ2v) is 17.8. The molecule has 2 saturated heterocycles. The fourth-order valence-electron chi connectivity index (χ4n) is 6.95. The smallest absolute Gasteiger partial charge is 0.344 e. The number of esters is 1. The lowest BCUT2D eigenvalue weighted by atomic mass is 10.0. The number of carbonyl (C=O) groups excluding carboxylic acids is 5. The van der Waals surface area contributed by atoms with E-state index in [4.69, 9.17) is 66.3 Å². The van der Waals surface area contributed by atoms with Crippen LogP contribution in [-0.4, -0.2) is 244 Å². The summed E-state index contributed by atoms with van der Waals surface area (Å²) in [5.74, 6) is 0.334. The van der Waals surface area contributed by atoms with Crippen molar-refractivity contribution in [1.29, 1.82) is 0 Å². The quantitative estimate of drug-likeness (QED) is 0.0345. The molecule has 0 radical (unpaired) electrons. The Hall–Kier alpha value is -3.96. The van der Waals surface area contributed by atoms with Crippen molar-refractivity contribution in [2.75, 3.05) is 197 Å². The van der Waals surface area contributed by atoms with Crippen LogP contribution >= 0.6 is 11.8 Å². The molecule has 0 bridgehead atoms. The van der Waals surface area contributed by atoms with E-state index < -0.39 is 5.97 Å². The average Bonchev–Trinajstić information content (AvgIpc) is 3.97. The first-order valence-corrected chi connectivity index (χ1v) is 27.2. The molecule has 1 aromatic rings. The van der Waals surface area contributed by atoms with E-state index in [-0.39, 0.29) is 75.2 Å². The first-order chi connectivity index (χ1) is 36.9. The van der Waals surface area contributed by atoms with Crippen LogP contribution in [0.5, 0.6) is 5.75 Å². The zero-order valence-electron chi connectivity index (χ0n) is 44.0. The summed E-state index contributed by atoms with van der Waals surface area (Å²) in [5.41, 5.74) is 0.363. The second kappa shape index (κ2) is 46.2. The third kappa shape index (κ3) is 35.9. The zero-order chi connectivity index (χ0) is 53.5. The molecule has 2 fully saturated rings. The molecule has 3 rings (SSSR count). The number of fused-ring (bicyclic) bond motifs is 1. The van der Waals surface area contributed by atoms with Gasteiger partial charge in [-0.3, -0.25) is 14.4 Å². The molecule has 0 spiro atoms. The number of thioether (sulfide) groups is 1. The number of ether oxygens (including phenoxy) is 14. The van der Waals surface area contributed by atoms with Crippen LogP contribution in [0.25, 0.3) is 0 Å². The molecular weight excluding hydrogens is 1010 g/mol. The van der Waals surface area contributed by atoms with Gasteiger partial charge in [0.05, 0.1) is 177 Å². The fourth-order valence-corrected chi connectivity index (χ4v) is 8.50. The summed E-state index contributed by atoms with van der Waals surface area (Å²) in [6.07, 6.45) is 3.48. The highest BCUT2D eigenvalue weighted by molar-refractivity contribution is 8.00. The maximum atomic E-state index is 12.4. The zero-order valence-corrected chi connectivity index (χ0v) is 44.8. The highest BCUT2D eigenvalue weighted by atomic mass is 32.2. The Labute approximate surface area is 446 Å². The minimum atomic E-state index is -0.492. The van der Waals surface area contributed by atoms with Crippen molar-refractivity contribution < 1.29 is 90.3 Å². The Morgan fingerprint density at radius 3 is 1.51 bits per heavy atom. The van der Waals surface area contributed by atoms with Crippen molar-refractivity contribution in [2.24, 2.45) is 0 Å². The molecule has 0 aliphatic carbocycles. The molecule has 75 heavy (non-hydrogen) atoms. The Bertz CT molecular complexity index is 1640. The summed E-state index contributed by atoms with van der Waals surface area (Å²) in [7, 11) is 0. The van der Waals surface area contributed by atoms with Crippen LogP contribution in [0.4, 0.5) is 4.79 Å². The lowest BCUT2D eigenvalue weighted by Gasteiger charge is -2.16. The van der Waals surface area contributed by atoms with E-state index in [1.165, 1.54) is 6.07 Å². The highest BCUT2D eigenvalue weighted by Gasteiger charge is 2.42. The number of carbonyl (C=O) groups is 5. The van der Waals surface area contributed by atoms with Gasteiger partial charge >= 0.3 is 12.0 Å². The molecule has 0 aromatic heterocycles. The molecular formula is C50H85N5O19S. The normalized spacial score (nSPS) is 15.8. The van der Waals surface area contributed by atoms with E-state index in [1.54, 1.807) is 25.1 Å². The Morgan fingerprint density at radius 1 is 0.547 bits per heavy atom. The van der Waals surface area contributed by atoms with Crippen LogP contribution in [-0.2, 0) is 76.0 Å². The van der Waals surface area contributed by atoms with E-state index in [1.807, 2.05) is 11.8 Å². The van der Waals surface area contributed by atoms with Gasteiger partial charge in [-0.05, 0) is 38.0 Å². The van der Waals surface area contributed by atoms with Crippen molar-refractivity contribution in [3.05, 3.63) is 29.8 Å². The van der Waals surface area contributed by atoms with Crippen LogP contribution in [0.15, 0.2) is 24.3 Å². The lowest BCUT2D eigenvalue weighted by Crippen LogP contribution is -2.36. The number of rotatable bonds is 52. The summed E-state index contributed by atoms with van der Waals surface area (Å²) in [6.45, 7) is 13.2. The Kier molecular flexibility index (Phi) is 40.2. The molecule has 0 unspecified atom stereocenters. The molecule has 2 aliphatic heterocycles. The maximum Gasteiger partial charge on any atom is 0.344 e. The highest BCUT2D eigenvalue weighted by Crippen LogP contribution is 2.33. The molecule has 5 N–H and O–H groups in total. The molecule has 430 valence electrons. The van der Waals surface area contributed by atoms with E-state index in [2.05, 4.69) is 26.6 Å². The van der Waals surface area contributed by atoms with Crippen LogP contribution in [0, 0.1) is 0 Å². The molecule has 25 heteroatoms. The number of hydrogen-bond acceptors (Lipinski definition) is 20. The van der Waals surface area contributed by atoms with Crippen molar-refractivity contribution in [2.45, 2.75) is 56.4 Å². The molecule has 3 atom stereocenters. The summed E-state index contributed by atoms with van der Waals surface area (Å²) in [4.78, 5) is 59.5. The van der Waals surface area contributed by atoms with E-state index in [9.17, 15) is 24.0 Å². The molecule has 1 aromatic carbocycles. The maximum absolute atomic E-state index is 12.4. The summed E-state index contributed by atoms with van der Waals surface area (Å²) in [6, 6.07) is 6.81. The molecule has 2 heterocycles. The van der Waals surface area contributed by atoms with Crippen molar-refractivity contribution in [1.82, 2.24) is 26.6 Å². The van der Waals surface area contributed by atoms with Crippen molar-refractivity contribution >= 4 is 41.5 Å². The topological polar surface area (TPSA) is 275 Å². The van der Waals surface area contributed by atoms with Crippen LogP contribution < -0.4 is 31.3 Å². The SMILES string of the molecule is CCOC(=O)COc1cccc(C(=O)NCCNC(=O)CCOCCOCCOCCOCCOCCOCCOCCOCCOCCOCCOCCOCCNC(=O)CCCC[C@@H]2SC[C@@H]3NC(=O)N[C@@H]32)c1. The number of urea groups is 1. The monoisotopic (exact) mass is 1090 g/mol. The van der Waals surface area contributed by atoms with E-state index >= 15 is 0 Å². The molecule has 24 nitrogen and oxygen atoms in total. The number of nitrogens with one attached hydrogen (secondary N) is 5. The Morgan fingerprint density at radius 2 is 1.00 bits per heavy atom. The van der Waals surface area contributed by atoms with Gasteiger partial charge in [-0.25, -0.2) is 9.59 Å². The van der Waals surface area contributed by atoms with Gasteiger partial charge in [0.1, 0.15) is 5.75 Å². The predicted molar refractivity (Wildman–Crippen MR) is 275 cm³/mol. The first kappa shape index (κ1) is 65.3. The third-order valence-electron chi connectivity index (χ3n) is 10.7. The van der Waals surface area contributed by atoms with Gasteiger partial charge in [0.2, 0.25) is 11.8 Å². The number of amides is 5. The van der Waals surface area contributed by atoms with Crippen molar-refractivity contribution in [3.63, 3.8) is 0 Å². The minimum Gasteiger partial charge on any atom is -0.482 e. The van der Waals surface area contributed by atoms with Gasteiger partial charge < -0.3 is 92.9 Å². The first-order valence-electron chi connectivity index (χ1n) is 26.2. The molecule has 0 saturated carbocycles. The number of unbranched alkanes of at least 4 members (excludes halogenated alkanes) is 1. The van der Waals surface area contributed by atoms with E-state index in [0.29, 0.717) is 181 Å². The summed E-state index contributed by atoms with van der Waals surface area (Å²) in [5, 5.41) is 14.7. The Balaban J connectivity index is 0.898. The van der Waals surface area contributed by atoms with E-state index in [0.717, 1.165) is 25.0 Å². The third-order valence-corrected chi connectivity index (χ3v) is 12.2. The number of benzene rings is 1. The van der Waals surface area contributed by atoms with Crippen LogP contribution in [0.2, 0.25) is 0 Å². The van der Waals surface area contributed by atoms with Gasteiger partial charge in [-0.15, -0.1) is 0 Å². The second-order valence-electron chi connectivity index (χ2n) is 16.5. The molecule has 5 amide bonds. The van der Waals surface area contributed by atoms with Gasteiger partial charge in [0.25, 0.3) is 5.91 Å². The minimum absolute atomic E-state index is 0.0338.